The number of thiophene rings is 1. The summed E-state index contributed by atoms with van der Waals surface area (Å²) in [5.74, 6) is 1.38. The zero-order valence-electron chi connectivity index (χ0n) is 12.4. The lowest BCUT2D eigenvalue weighted by Crippen LogP contribution is -2.29. The molecule has 0 spiro atoms. The Hall–Kier alpha value is -1.04. The first-order valence-corrected chi connectivity index (χ1v) is 8.27. The highest BCUT2D eigenvalue weighted by atomic mass is 79.9. The zero-order chi connectivity index (χ0) is 15.5. The quantitative estimate of drug-likeness (QED) is 0.832. The second-order valence-electron chi connectivity index (χ2n) is 5.23. The molecular weight excluding hydrogens is 352 g/mol. The fraction of sp³-hybridized carbons (Fsp3) is 0.375. The average molecular weight is 371 g/mol. The van der Waals surface area contributed by atoms with E-state index in [0.29, 0.717) is 24.3 Å². The summed E-state index contributed by atoms with van der Waals surface area (Å²) in [7, 11) is 3.23. The molecule has 0 aliphatic heterocycles. The van der Waals surface area contributed by atoms with Crippen molar-refractivity contribution in [3.8, 4) is 11.5 Å². The van der Waals surface area contributed by atoms with Crippen molar-refractivity contribution >= 4 is 27.3 Å². The van der Waals surface area contributed by atoms with E-state index >= 15 is 0 Å². The highest BCUT2D eigenvalue weighted by Crippen LogP contribution is 2.31. The van der Waals surface area contributed by atoms with Crippen LogP contribution in [0, 0.1) is 0 Å². The SMILES string of the molecule is COc1ccc(CC(C)(O)Cc2sccc2Br)cc1OC. The molecule has 1 unspecified atom stereocenters. The second-order valence-corrected chi connectivity index (χ2v) is 7.09. The maximum absolute atomic E-state index is 10.7. The van der Waals surface area contributed by atoms with Crippen molar-refractivity contribution in [3.05, 3.63) is 44.6 Å². The third kappa shape index (κ3) is 4.22. The zero-order valence-corrected chi connectivity index (χ0v) is 14.8. The molecule has 21 heavy (non-hydrogen) atoms. The Kier molecular flexibility index (Phi) is 5.30. The molecule has 0 amide bonds. The number of halogens is 1. The number of benzene rings is 1. The van der Waals surface area contributed by atoms with Crippen molar-refractivity contribution in [1.82, 2.24) is 0 Å². The normalized spacial score (nSPS) is 13.8. The topological polar surface area (TPSA) is 38.7 Å². The fourth-order valence-electron chi connectivity index (χ4n) is 2.29. The minimum Gasteiger partial charge on any atom is -0.493 e. The molecule has 0 aliphatic carbocycles. The Balaban J connectivity index is 2.14. The number of aliphatic hydroxyl groups is 1. The molecule has 1 atom stereocenters. The van der Waals surface area contributed by atoms with Crippen molar-refractivity contribution in [2.75, 3.05) is 14.2 Å². The minimum atomic E-state index is -0.813. The Morgan fingerprint density at radius 1 is 1.14 bits per heavy atom. The van der Waals surface area contributed by atoms with Crippen LogP contribution < -0.4 is 9.47 Å². The summed E-state index contributed by atoms with van der Waals surface area (Å²) in [6.07, 6.45) is 1.16. The van der Waals surface area contributed by atoms with E-state index < -0.39 is 5.60 Å². The van der Waals surface area contributed by atoms with Gasteiger partial charge in [0.15, 0.2) is 11.5 Å². The largest absolute Gasteiger partial charge is 0.493 e. The summed E-state index contributed by atoms with van der Waals surface area (Å²) in [6, 6.07) is 7.74. The minimum absolute atomic E-state index is 0.553. The van der Waals surface area contributed by atoms with Crippen LogP contribution in [0.25, 0.3) is 0 Å². The standard InChI is InChI=1S/C16H19BrO3S/c1-16(18,10-15-12(17)6-7-21-15)9-11-4-5-13(19-2)14(8-11)20-3/h4-8,18H,9-10H2,1-3H3. The smallest absolute Gasteiger partial charge is 0.160 e. The van der Waals surface area contributed by atoms with E-state index in [-0.39, 0.29) is 0 Å². The molecule has 0 bridgehead atoms. The number of hydrogen-bond donors (Lipinski definition) is 1. The maximum Gasteiger partial charge on any atom is 0.160 e. The van der Waals surface area contributed by atoms with Gasteiger partial charge in [0, 0.05) is 22.2 Å². The molecule has 1 aromatic heterocycles. The van der Waals surface area contributed by atoms with Gasteiger partial charge in [-0.05, 0) is 52.0 Å². The number of methoxy groups -OCH3 is 2. The summed E-state index contributed by atoms with van der Waals surface area (Å²) in [5.41, 5.74) is 0.206. The first-order valence-electron chi connectivity index (χ1n) is 6.60. The van der Waals surface area contributed by atoms with Gasteiger partial charge < -0.3 is 14.6 Å². The third-order valence-corrected chi connectivity index (χ3v) is 5.19. The lowest BCUT2D eigenvalue weighted by molar-refractivity contribution is 0.0614. The lowest BCUT2D eigenvalue weighted by Gasteiger charge is -2.23. The van der Waals surface area contributed by atoms with E-state index in [4.69, 9.17) is 9.47 Å². The molecule has 2 aromatic rings. The van der Waals surface area contributed by atoms with E-state index in [0.717, 1.165) is 14.9 Å². The molecule has 3 nitrogen and oxygen atoms in total. The van der Waals surface area contributed by atoms with Crippen molar-refractivity contribution in [2.24, 2.45) is 0 Å². The van der Waals surface area contributed by atoms with Crippen molar-refractivity contribution in [1.29, 1.82) is 0 Å². The van der Waals surface area contributed by atoms with Crippen LogP contribution in [0.2, 0.25) is 0 Å². The van der Waals surface area contributed by atoms with Gasteiger partial charge in [0.2, 0.25) is 0 Å². The molecule has 0 aliphatic rings. The van der Waals surface area contributed by atoms with E-state index in [1.807, 2.05) is 36.6 Å². The summed E-state index contributed by atoms with van der Waals surface area (Å²) in [4.78, 5) is 1.15. The average Bonchev–Trinajstić information content (AvgIpc) is 2.83. The van der Waals surface area contributed by atoms with E-state index in [1.165, 1.54) is 0 Å². The molecule has 0 saturated heterocycles. The highest BCUT2D eigenvalue weighted by Gasteiger charge is 2.24. The van der Waals surface area contributed by atoms with Gasteiger partial charge in [-0.1, -0.05) is 6.07 Å². The van der Waals surface area contributed by atoms with Crippen LogP contribution in [0.5, 0.6) is 11.5 Å². The third-order valence-electron chi connectivity index (χ3n) is 3.27. The lowest BCUT2D eigenvalue weighted by atomic mass is 9.92. The molecule has 0 radical (unpaired) electrons. The van der Waals surface area contributed by atoms with E-state index in [1.54, 1.807) is 25.6 Å². The summed E-state index contributed by atoms with van der Waals surface area (Å²) < 4.78 is 11.6. The van der Waals surface area contributed by atoms with Crippen LogP contribution in [0.3, 0.4) is 0 Å². The Morgan fingerprint density at radius 2 is 1.86 bits per heavy atom. The molecular formula is C16H19BrO3S. The van der Waals surface area contributed by atoms with Crippen LogP contribution >= 0.6 is 27.3 Å². The molecule has 2 rings (SSSR count). The van der Waals surface area contributed by atoms with Crippen LogP contribution in [0.4, 0.5) is 0 Å². The highest BCUT2D eigenvalue weighted by molar-refractivity contribution is 9.10. The Morgan fingerprint density at radius 3 is 2.43 bits per heavy atom. The van der Waals surface area contributed by atoms with Gasteiger partial charge >= 0.3 is 0 Å². The fourth-order valence-corrected chi connectivity index (χ4v) is 3.96. The van der Waals surface area contributed by atoms with E-state index in [9.17, 15) is 5.11 Å². The monoisotopic (exact) mass is 370 g/mol. The van der Waals surface area contributed by atoms with Gasteiger partial charge in [-0.25, -0.2) is 0 Å². The molecule has 1 heterocycles. The van der Waals surface area contributed by atoms with Gasteiger partial charge in [-0.3, -0.25) is 0 Å². The molecule has 1 N–H and O–H groups in total. The van der Waals surface area contributed by atoms with Crippen molar-refractivity contribution in [3.63, 3.8) is 0 Å². The summed E-state index contributed by atoms with van der Waals surface area (Å²) in [5, 5.41) is 12.7. The van der Waals surface area contributed by atoms with Gasteiger partial charge in [0.1, 0.15) is 0 Å². The summed E-state index contributed by atoms with van der Waals surface area (Å²) >= 11 is 5.16. The van der Waals surface area contributed by atoms with Crippen molar-refractivity contribution < 1.29 is 14.6 Å². The van der Waals surface area contributed by atoms with Crippen LogP contribution in [0.1, 0.15) is 17.4 Å². The number of hydrogen-bond acceptors (Lipinski definition) is 4. The molecule has 0 fully saturated rings. The first-order chi connectivity index (χ1) is 9.95. The Labute approximate surface area is 137 Å². The number of ether oxygens (including phenoxy) is 2. The summed E-state index contributed by atoms with van der Waals surface area (Å²) in [6.45, 7) is 1.86. The predicted octanol–water partition coefficient (Wildman–Crippen LogP) is 4.06. The molecule has 5 heteroatoms. The van der Waals surface area contributed by atoms with Gasteiger partial charge in [-0.2, -0.15) is 0 Å². The van der Waals surface area contributed by atoms with Gasteiger partial charge in [0.25, 0.3) is 0 Å². The Bertz CT molecular complexity index is 607. The van der Waals surface area contributed by atoms with Gasteiger partial charge in [-0.15, -0.1) is 11.3 Å². The van der Waals surface area contributed by atoms with Crippen LogP contribution in [-0.2, 0) is 12.8 Å². The van der Waals surface area contributed by atoms with Crippen LogP contribution in [0.15, 0.2) is 34.1 Å². The maximum atomic E-state index is 10.7. The second kappa shape index (κ2) is 6.81. The van der Waals surface area contributed by atoms with E-state index in [2.05, 4.69) is 15.9 Å². The first kappa shape index (κ1) is 16.3. The molecule has 0 saturated carbocycles. The van der Waals surface area contributed by atoms with Crippen LogP contribution in [-0.4, -0.2) is 24.9 Å². The van der Waals surface area contributed by atoms with Crippen molar-refractivity contribution in [2.45, 2.75) is 25.4 Å². The molecule has 1 aromatic carbocycles. The number of rotatable bonds is 6. The predicted molar refractivity (Wildman–Crippen MR) is 89.6 cm³/mol. The van der Waals surface area contributed by atoms with Gasteiger partial charge in [0.05, 0.1) is 19.8 Å². The molecule has 114 valence electrons.